The first kappa shape index (κ1) is 18.8. The van der Waals surface area contributed by atoms with Gasteiger partial charge < -0.3 is 14.3 Å². The Morgan fingerprint density at radius 2 is 2.17 bits per heavy atom. The van der Waals surface area contributed by atoms with Crippen molar-refractivity contribution in [1.82, 2.24) is 4.98 Å². The number of pyridine rings is 1. The summed E-state index contributed by atoms with van der Waals surface area (Å²) < 4.78 is 12.5. The summed E-state index contributed by atoms with van der Waals surface area (Å²) in [6, 6.07) is 3.81. The minimum absolute atomic E-state index is 0.0838. The molecule has 0 amide bonds. The van der Waals surface area contributed by atoms with Crippen molar-refractivity contribution in [2.75, 3.05) is 6.61 Å². The topological polar surface area (TPSA) is 68.7 Å². The zero-order valence-electron chi connectivity index (χ0n) is 15.0. The summed E-state index contributed by atoms with van der Waals surface area (Å²) in [6.07, 6.45) is 5.98. The van der Waals surface area contributed by atoms with Gasteiger partial charge in [-0.3, -0.25) is 4.98 Å². The molecule has 0 aliphatic carbocycles. The minimum atomic E-state index is -1.98. The van der Waals surface area contributed by atoms with Crippen LogP contribution in [-0.4, -0.2) is 37.1 Å². The molecule has 1 aliphatic rings. The molecule has 5 nitrogen and oxygen atoms in total. The van der Waals surface area contributed by atoms with Gasteiger partial charge in [0.2, 0.25) is 0 Å². The molecule has 1 N–H and O–H groups in total. The van der Waals surface area contributed by atoms with Crippen molar-refractivity contribution in [2.24, 2.45) is 5.92 Å². The van der Waals surface area contributed by atoms with E-state index in [2.05, 4.69) is 38.8 Å². The third kappa shape index (κ3) is 4.31. The van der Waals surface area contributed by atoms with Crippen LogP contribution in [0.2, 0.25) is 18.1 Å². The first-order chi connectivity index (χ1) is 11.1. The largest absolute Gasteiger partial charge is 0.478 e. The molecule has 0 bridgehead atoms. The van der Waals surface area contributed by atoms with Crippen molar-refractivity contribution in [2.45, 2.75) is 51.1 Å². The lowest BCUT2D eigenvalue weighted by molar-refractivity contribution is -0.131. The molecule has 0 spiro atoms. The van der Waals surface area contributed by atoms with Crippen LogP contribution in [0.3, 0.4) is 0 Å². The van der Waals surface area contributed by atoms with Crippen molar-refractivity contribution in [3.05, 3.63) is 42.2 Å². The Morgan fingerprint density at radius 1 is 1.46 bits per heavy atom. The lowest BCUT2D eigenvalue weighted by atomic mass is 9.94. The van der Waals surface area contributed by atoms with Crippen LogP contribution in [0.1, 0.15) is 32.4 Å². The van der Waals surface area contributed by atoms with E-state index in [9.17, 15) is 4.79 Å². The Labute approximate surface area is 144 Å². The Hall–Kier alpha value is -1.50. The predicted molar refractivity (Wildman–Crippen MR) is 95.3 cm³/mol. The van der Waals surface area contributed by atoms with E-state index in [0.29, 0.717) is 6.61 Å². The second-order valence-electron chi connectivity index (χ2n) is 7.73. The molecule has 1 fully saturated rings. The number of hydrogen-bond acceptors (Lipinski definition) is 4. The average Bonchev–Trinajstić information content (AvgIpc) is 2.87. The number of hydrogen-bond donors (Lipinski definition) is 1. The normalized spacial score (nSPS) is 25.3. The highest BCUT2D eigenvalue weighted by atomic mass is 28.4. The number of carbonyl (C=O) groups is 1. The maximum absolute atomic E-state index is 11.0. The lowest BCUT2D eigenvalue weighted by Crippen LogP contribution is -2.45. The zero-order valence-corrected chi connectivity index (χ0v) is 16.0. The first-order valence-corrected chi connectivity index (χ1v) is 11.1. The van der Waals surface area contributed by atoms with Gasteiger partial charge in [0.15, 0.2) is 8.32 Å². The molecule has 0 unspecified atom stereocenters. The monoisotopic (exact) mass is 349 g/mol. The molecule has 1 aliphatic heterocycles. The van der Waals surface area contributed by atoms with Crippen LogP contribution < -0.4 is 0 Å². The van der Waals surface area contributed by atoms with Crippen molar-refractivity contribution in [3.8, 4) is 0 Å². The summed E-state index contributed by atoms with van der Waals surface area (Å²) in [5, 5.41) is 9.09. The first-order valence-electron chi connectivity index (χ1n) is 8.22. The fourth-order valence-corrected chi connectivity index (χ4v) is 3.90. The average molecular weight is 350 g/mol. The summed E-state index contributed by atoms with van der Waals surface area (Å²) in [6.45, 7) is 11.4. The zero-order chi connectivity index (χ0) is 18.0. The van der Waals surface area contributed by atoms with E-state index < -0.39 is 14.3 Å². The van der Waals surface area contributed by atoms with Crippen LogP contribution in [0.4, 0.5) is 0 Å². The van der Waals surface area contributed by atoms with Crippen molar-refractivity contribution < 1.29 is 19.1 Å². The number of rotatable bonds is 5. The van der Waals surface area contributed by atoms with Gasteiger partial charge in [-0.15, -0.1) is 0 Å². The number of carboxylic acid groups (broad SMARTS) is 1. The highest BCUT2D eigenvalue weighted by Gasteiger charge is 2.45. The maximum Gasteiger partial charge on any atom is 0.327 e. The highest BCUT2D eigenvalue weighted by Crippen LogP contribution is 2.43. The van der Waals surface area contributed by atoms with E-state index in [-0.39, 0.29) is 23.2 Å². The van der Waals surface area contributed by atoms with Gasteiger partial charge in [0.05, 0.1) is 18.8 Å². The number of aromatic nitrogens is 1. The van der Waals surface area contributed by atoms with E-state index in [1.165, 1.54) is 6.08 Å². The molecular formula is C18H27NO4Si. The van der Waals surface area contributed by atoms with Crippen LogP contribution in [-0.2, 0) is 14.0 Å². The van der Waals surface area contributed by atoms with Crippen molar-refractivity contribution in [3.63, 3.8) is 0 Å². The molecular weight excluding hydrogens is 322 g/mol. The fraction of sp³-hybridized carbons (Fsp3) is 0.556. The lowest BCUT2D eigenvalue weighted by Gasteiger charge is -2.39. The summed E-state index contributed by atoms with van der Waals surface area (Å²) in [7, 11) is -1.98. The molecule has 2 rings (SSSR count). The molecule has 6 heteroatoms. The predicted octanol–water partition coefficient (Wildman–Crippen LogP) is 3.80. The van der Waals surface area contributed by atoms with Gasteiger partial charge in [0, 0.05) is 24.4 Å². The van der Waals surface area contributed by atoms with Gasteiger partial charge in [-0.25, -0.2) is 4.79 Å². The molecule has 0 saturated carbocycles. The summed E-state index contributed by atoms with van der Waals surface area (Å²) >= 11 is 0. The summed E-state index contributed by atoms with van der Waals surface area (Å²) in [5.74, 6) is -1.10. The fourth-order valence-electron chi connectivity index (χ4n) is 2.56. The molecule has 2 heterocycles. The van der Waals surface area contributed by atoms with E-state index in [4.69, 9.17) is 14.3 Å². The SMILES string of the molecule is CC(C)(C)[Si](C)(C)O[C@@H]1CO[C@H](c2cccnc2)[C@@H]1C=CC(=O)O. The smallest absolute Gasteiger partial charge is 0.327 e. The third-order valence-corrected chi connectivity index (χ3v) is 9.45. The van der Waals surface area contributed by atoms with E-state index in [1.807, 2.05) is 12.1 Å². The Balaban J connectivity index is 2.26. The number of nitrogens with zero attached hydrogens (tertiary/aromatic N) is 1. The molecule has 0 radical (unpaired) electrons. The van der Waals surface area contributed by atoms with Crippen LogP contribution >= 0.6 is 0 Å². The summed E-state index contributed by atoms with van der Waals surface area (Å²) in [5.41, 5.74) is 0.943. The van der Waals surface area contributed by atoms with Crippen LogP contribution in [0, 0.1) is 5.92 Å². The second kappa shape index (κ2) is 7.17. The third-order valence-electron chi connectivity index (χ3n) is 4.95. The number of carboxylic acids is 1. The van der Waals surface area contributed by atoms with E-state index >= 15 is 0 Å². The van der Waals surface area contributed by atoms with E-state index in [0.717, 1.165) is 5.56 Å². The quantitative estimate of drug-likeness (QED) is 0.647. The molecule has 1 aromatic heterocycles. The Kier molecular flexibility index (Phi) is 5.62. The van der Waals surface area contributed by atoms with Gasteiger partial charge in [-0.1, -0.05) is 32.9 Å². The van der Waals surface area contributed by atoms with Gasteiger partial charge in [-0.05, 0) is 29.8 Å². The highest BCUT2D eigenvalue weighted by molar-refractivity contribution is 6.74. The number of aliphatic carboxylic acids is 1. The molecule has 1 aromatic rings. The molecule has 0 aromatic carbocycles. The van der Waals surface area contributed by atoms with Crippen molar-refractivity contribution >= 4 is 14.3 Å². The molecule has 24 heavy (non-hydrogen) atoms. The van der Waals surface area contributed by atoms with Crippen LogP contribution in [0.5, 0.6) is 0 Å². The van der Waals surface area contributed by atoms with Gasteiger partial charge >= 0.3 is 5.97 Å². The van der Waals surface area contributed by atoms with Crippen molar-refractivity contribution in [1.29, 1.82) is 0 Å². The Bertz CT molecular complexity index is 595. The standard InChI is InChI=1S/C18H27NO4Si/c1-18(2,3)24(4,5)23-15-12-22-17(13-7-6-10-19-11-13)14(15)8-9-16(20)21/h6-11,14-15,17H,12H2,1-5H3,(H,20,21)/t14-,15-,17-/m1/s1. The van der Waals surface area contributed by atoms with Gasteiger partial charge in [0.1, 0.15) is 0 Å². The molecule has 1 saturated heterocycles. The maximum atomic E-state index is 11.0. The van der Waals surface area contributed by atoms with Gasteiger partial charge in [0.25, 0.3) is 0 Å². The molecule has 132 valence electrons. The van der Waals surface area contributed by atoms with Crippen LogP contribution in [0.15, 0.2) is 36.7 Å². The Morgan fingerprint density at radius 3 is 2.71 bits per heavy atom. The number of ether oxygens (including phenoxy) is 1. The van der Waals surface area contributed by atoms with Crippen LogP contribution in [0.25, 0.3) is 0 Å². The van der Waals surface area contributed by atoms with Gasteiger partial charge in [-0.2, -0.15) is 0 Å². The van der Waals surface area contributed by atoms with E-state index in [1.54, 1.807) is 18.5 Å². The molecule has 3 atom stereocenters. The second-order valence-corrected chi connectivity index (χ2v) is 12.5. The minimum Gasteiger partial charge on any atom is -0.478 e. The summed E-state index contributed by atoms with van der Waals surface area (Å²) in [4.78, 5) is 15.1.